The van der Waals surface area contributed by atoms with Crippen molar-refractivity contribution in [3.63, 3.8) is 0 Å². The number of benzene rings is 2. The molecule has 2 atom stereocenters. The van der Waals surface area contributed by atoms with Crippen molar-refractivity contribution in [3.8, 4) is 11.5 Å². The first-order valence-electron chi connectivity index (χ1n) is 13.0. The third-order valence-electron chi connectivity index (χ3n) is 6.78. The molecule has 0 amide bonds. The number of Topliss-reactive ketones (excluding diaryl/α,β-unsaturated/α-hetero) is 1. The van der Waals surface area contributed by atoms with Gasteiger partial charge < -0.3 is 14.2 Å². The lowest BCUT2D eigenvalue weighted by molar-refractivity contribution is -0.153. The molecule has 39 heavy (non-hydrogen) atoms. The molecule has 2 aromatic carbocycles. The van der Waals surface area contributed by atoms with E-state index in [0.29, 0.717) is 0 Å². The van der Waals surface area contributed by atoms with Crippen molar-refractivity contribution in [2.45, 2.75) is 66.9 Å². The van der Waals surface area contributed by atoms with E-state index in [0.717, 1.165) is 33.4 Å². The molecule has 0 spiro atoms. The standard InChI is InChI=1S/C32H37NO6/c1-18-9-11-25(20(3)15-18)29(26-12-10-19(2)16-21(26)4)23(6)38-32(36)22(5)17-27(35)30-31(39-24(7)34)28(37-8)13-14-33-30/h9-16,22-23,29H,17H2,1-8H3/t22-,23+/m1/s1. The fourth-order valence-electron chi connectivity index (χ4n) is 4.88. The number of ether oxygens (including phenoxy) is 3. The van der Waals surface area contributed by atoms with Crippen LogP contribution in [-0.2, 0) is 14.3 Å². The van der Waals surface area contributed by atoms with Gasteiger partial charge in [0.25, 0.3) is 0 Å². The van der Waals surface area contributed by atoms with Gasteiger partial charge in [-0.3, -0.25) is 14.4 Å². The number of aryl methyl sites for hydroxylation is 4. The zero-order chi connectivity index (χ0) is 28.9. The summed E-state index contributed by atoms with van der Waals surface area (Å²) in [5, 5.41) is 0. The van der Waals surface area contributed by atoms with E-state index in [-0.39, 0.29) is 29.5 Å². The summed E-state index contributed by atoms with van der Waals surface area (Å²) in [6, 6.07) is 14.1. The number of carbonyl (C=O) groups excluding carboxylic acids is 3. The van der Waals surface area contributed by atoms with Gasteiger partial charge in [0.1, 0.15) is 6.10 Å². The number of aromatic nitrogens is 1. The molecule has 0 radical (unpaired) electrons. The summed E-state index contributed by atoms with van der Waals surface area (Å²) in [4.78, 5) is 42.1. The molecule has 1 aromatic heterocycles. The third-order valence-corrected chi connectivity index (χ3v) is 6.78. The van der Waals surface area contributed by atoms with Crippen LogP contribution in [0.1, 0.15) is 77.0 Å². The van der Waals surface area contributed by atoms with Crippen LogP contribution in [0, 0.1) is 33.6 Å². The van der Waals surface area contributed by atoms with Gasteiger partial charge in [0, 0.05) is 31.5 Å². The number of methoxy groups -OCH3 is 1. The van der Waals surface area contributed by atoms with E-state index in [4.69, 9.17) is 14.2 Å². The summed E-state index contributed by atoms with van der Waals surface area (Å²) in [5.74, 6) is -2.35. The normalized spacial score (nSPS) is 12.5. The highest BCUT2D eigenvalue weighted by atomic mass is 16.6. The number of esters is 2. The maximum absolute atomic E-state index is 13.2. The second-order valence-electron chi connectivity index (χ2n) is 10.2. The van der Waals surface area contributed by atoms with E-state index in [2.05, 4.69) is 69.1 Å². The summed E-state index contributed by atoms with van der Waals surface area (Å²) in [5.41, 5.74) is 6.66. The predicted molar refractivity (Wildman–Crippen MR) is 149 cm³/mol. The van der Waals surface area contributed by atoms with Crippen LogP contribution in [0.25, 0.3) is 0 Å². The smallest absolute Gasteiger partial charge is 0.309 e. The minimum Gasteiger partial charge on any atom is -0.493 e. The summed E-state index contributed by atoms with van der Waals surface area (Å²) < 4.78 is 16.4. The van der Waals surface area contributed by atoms with Gasteiger partial charge in [-0.15, -0.1) is 0 Å². The molecule has 206 valence electrons. The SMILES string of the molecule is COc1ccnc(C(=O)C[C@@H](C)C(=O)O[C@@H](C)C(c2ccc(C)cc2C)c2ccc(C)cc2C)c1OC(C)=O. The van der Waals surface area contributed by atoms with E-state index < -0.39 is 29.7 Å². The molecule has 0 unspecified atom stereocenters. The Morgan fingerprint density at radius 3 is 1.92 bits per heavy atom. The first-order valence-corrected chi connectivity index (χ1v) is 13.0. The van der Waals surface area contributed by atoms with Crippen LogP contribution in [0.15, 0.2) is 48.7 Å². The summed E-state index contributed by atoms with van der Waals surface area (Å²) in [6.07, 6.45) is 0.727. The molecular formula is C32H37NO6. The molecule has 7 heteroatoms. The molecule has 3 aromatic rings. The lowest BCUT2D eigenvalue weighted by Gasteiger charge is -2.29. The highest BCUT2D eigenvalue weighted by molar-refractivity contribution is 5.99. The van der Waals surface area contributed by atoms with E-state index >= 15 is 0 Å². The number of nitrogens with zero attached hydrogens (tertiary/aromatic N) is 1. The van der Waals surface area contributed by atoms with Crippen LogP contribution in [0.2, 0.25) is 0 Å². The third kappa shape index (κ3) is 7.11. The zero-order valence-corrected chi connectivity index (χ0v) is 24.0. The second-order valence-corrected chi connectivity index (χ2v) is 10.2. The van der Waals surface area contributed by atoms with Crippen molar-refractivity contribution < 1.29 is 28.6 Å². The van der Waals surface area contributed by atoms with Crippen LogP contribution in [0.5, 0.6) is 11.5 Å². The minimum absolute atomic E-state index is 0.0591. The molecular weight excluding hydrogens is 494 g/mol. The Balaban J connectivity index is 1.85. The Bertz CT molecular complexity index is 1330. The predicted octanol–water partition coefficient (Wildman–Crippen LogP) is 6.22. The Labute approximate surface area is 230 Å². The van der Waals surface area contributed by atoms with E-state index in [9.17, 15) is 14.4 Å². The average molecular weight is 532 g/mol. The minimum atomic E-state index is -0.753. The Morgan fingerprint density at radius 2 is 1.44 bits per heavy atom. The first-order chi connectivity index (χ1) is 18.4. The van der Waals surface area contributed by atoms with Gasteiger partial charge in [0.2, 0.25) is 5.75 Å². The second kappa shape index (κ2) is 12.7. The number of pyridine rings is 1. The van der Waals surface area contributed by atoms with Crippen molar-refractivity contribution >= 4 is 17.7 Å². The van der Waals surface area contributed by atoms with Crippen molar-refractivity contribution in [2.24, 2.45) is 5.92 Å². The number of carbonyl (C=O) groups is 3. The van der Waals surface area contributed by atoms with Crippen LogP contribution in [0.3, 0.4) is 0 Å². The lowest BCUT2D eigenvalue weighted by Crippen LogP contribution is -2.28. The molecule has 1 heterocycles. The lowest BCUT2D eigenvalue weighted by atomic mass is 9.82. The van der Waals surface area contributed by atoms with Gasteiger partial charge in [-0.1, -0.05) is 54.4 Å². The molecule has 0 bridgehead atoms. The molecule has 0 saturated carbocycles. The monoisotopic (exact) mass is 531 g/mol. The summed E-state index contributed by atoms with van der Waals surface area (Å²) >= 11 is 0. The van der Waals surface area contributed by atoms with E-state index in [1.807, 2.05) is 6.92 Å². The van der Waals surface area contributed by atoms with Gasteiger partial charge in [0.15, 0.2) is 17.2 Å². The molecule has 0 fully saturated rings. The van der Waals surface area contributed by atoms with Crippen molar-refractivity contribution in [2.75, 3.05) is 7.11 Å². The fraction of sp³-hybridized carbons (Fsp3) is 0.375. The summed E-state index contributed by atoms with van der Waals surface area (Å²) in [7, 11) is 1.40. The van der Waals surface area contributed by atoms with Crippen molar-refractivity contribution in [3.05, 3.63) is 87.7 Å². The van der Waals surface area contributed by atoms with Gasteiger partial charge >= 0.3 is 11.9 Å². The number of ketones is 1. The molecule has 0 aliphatic heterocycles. The van der Waals surface area contributed by atoms with Crippen LogP contribution in [0.4, 0.5) is 0 Å². The van der Waals surface area contributed by atoms with Crippen LogP contribution >= 0.6 is 0 Å². The summed E-state index contributed by atoms with van der Waals surface area (Å²) in [6.45, 7) is 13.0. The van der Waals surface area contributed by atoms with E-state index in [1.165, 1.54) is 26.3 Å². The van der Waals surface area contributed by atoms with Crippen molar-refractivity contribution in [1.29, 1.82) is 0 Å². The Morgan fingerprint density at radius 1 is 0.872 bits per heavy atom. The van der Waals surface area contributed by atoms with Crippen molar-refractivity contribution in [1.82, 2.24) is 4.98 Å². The molecule has 0 saturated heterocycles. The van der Waals surface area contributed by atoms with Crippen LogP contribution in [-0.4, -0.2) is 35.9 Å². The average Bonchev–Trinajstić information content (AvgIpc) is 2.86. The Kier molecular flexibility index (Phi) is 9.62. The first kappa shape index (κ1) is 29.6. The van der Waals surface area contributed by atoms with Gasteiger partial charge in [-0.05, 0) is 56.9 Å². The number of hydrogen-bond acceptors (Lipinski definition) is 7. The zero-order valence-electron chi connectivity index (χ0n) is 24.0. The maximum Gasteiger partial charge on any atom is 0.309 e. The highest BCUT2D eigenvalue weighted by Gasteiger charge is 2.31. The quantitative estimate of drug-likeness (QED) is 0.226. The Hall–Kier alpha value is -4.00. The number of rotatable bonds is 10. The highest BCUT2D eigenvalue weighted by Crippen LogP contribution is 2.35. The molecule has 0 N–H and O–H groups in total. The maximum atomic E-state index is 13.2. The molecule has 0 aliphatic carbocycles. The molecule has 7 nitrogen and oxygen atoms in total. The largest absolute Gasteiger partial charge is 0.493 e. The molecule has 0 aliphatic rings. The molecule has 3 rings (SSSR count). The van der Waals surface area contributed by atoms with Gasteiger partial charge in [-0.2, -0.15) is 0 Å². The number of hydrogen-bond donors (Lipinski definition) is 0. The van der Waals surface area contributed by atoms with Crippen LogP contribution < -0.4 is 9.47 Å². The van der Waals surface area contributed by atoms with E-state index in [1.54, 1.807) is 6.92 Å². The van der Waals surface area contributed by atoms with Gasteiger partial charge in [0.05, 0.1) is 13.0 Å². The van der Waals surface area contributed by atoms with Gasteiger partial charge in [-0.25, -0.2) is 4.98 Å². The fourth-order valence-corrected chi connectivity index (χ4v) is 4.88. The topological polar surface area (TPSA) is 91.8 Å².